The molecule has 7 nitrogen and oxygen atoms in total. The molecule has 0 radical (unpaired) electrons. The summed E-state index contributed by atoms with van der Waals surface area (Å²) in [5, 5.41) is 5.69. The van der Waals surface area contributed by atoms with Crippen molar-refractivity contribution >= 4 is 17.9 Å². The second-order valence-electron chi connectivity index (χ2n) is 9.25. The Hall–Kier alpha value is -3.35. The molecule has 0 saturated carbocycles. The lowest BCUT2D eigenvalue weighted by molar-refractivity contribution is -0.132. The zero-order valence-electron chi connectivity index (χ0n) is 19.6. The summed E-state index contributed by atoms with van der Waals surface area (Å²) in [6, 6.07) is 17.7. The van der Waals surface area contributed by atoms with Crippen LogP contribution in [-0.2, 0) is 9.53 Å². The van der Waals surface area contributed by atoms with E-state index in [-0.39, 0.29) is 30.8 Å². The maximum Gasteiger partial charge on any atom is 0.407 e. The second kappa shape index (κ2) is 11.0. The van der Waals surface area contributed by atoms with Crippen molar-refractivity contribution in [2.24, 2.45) is 0 Å². The monoisotopic (exact) mass is 451 g/mol. The number of rotatable bonds is 6. The summed E-state index contributed by atoms with van der Waals surface area (Å²) >= 11 is 0. The molecule has 2 aromatic rings. The average molecular weight is 452 g/mol. The van der Waals surface area contributed by atoms with Gasteiger partial charge in [-0.15, -0.1) is 0 Å². The van der Waals surface area contributed by atoms with E-state index in [4.69, 9.17) is 4.74 Å². The van der Waals surface area contributed by atoms with Crippen LogP contribution in [0.5, 0.6) is 0 Å². The van der Waals surface area contributed by atoms with Crippen molar-refractivity contribution in [3.63, 3.8) is 0 Å². The van der Waals surface area contributed by atoms with Gasteiger partial charge < -0.3 is 20.3 Å². The molecule has 7 heteroatoms. The summed E-state index contributed by atoms with van der Waals surface area (Å²) in [7, 11) is 0. The van der Waals surface area contributed by atoms with E-state index in [2.05, 4.69) is 10.6 Å². The number of alkyl carbamates (subject to hydrolysis) is 1. The summed E-state index contributed by atoms with van der Waals surface area (Å²) in [5.74, 6) is -0.103. The molecule has 0 aromatic heterocycles. The third kappa shape index (κ3) is 7.63. The smallest absolute Gasteiger partial charge is 0.407 e. The number of carbonyl (C=O) groups excluding carboxylic acids is 3. The van der Waals surface area contributed by atoms with Gasteiger partial charge in [-0.3, -0.25) is 9.59 Å². The van der Waals surface area contributed by atoms with Gasteiger partial charge in [0.2, 0.25) is 5.91 Å². The van der Waals surface area contributed by atoms with E-state index in [9.17, 15) is 14.4 Å². The van der Waals surface area contributed by atoms with Gasteiger partial charge in [-0.25, -0.2) is 4.79 Å². The molecule has 1 aliphatic rings. The molecule has 0 aliphatic carbocycles. The number of likely N-dealkylation sites (tertiary alicyclic amines) is 1. The van der Waals surface area contributed by atoms with Crippen molar-refractivity contribution < 1.29 is 19.1 Å². The molecule has 3 amide bonds. The predicted molar refractivity (Wildman–Crippen MR) is 128 cm³/mol. The maximum absolute atomic E-state index is 12.6. The molecule has 1 heterocycles. The van der Waals surface area contributed by atoms with Crippen molar-refractivity contribution in [3.05, 3.63) is 60.2 Å². The molecular formula is C26H33N3O4. The Bertz CT molecular complexity index is 944. The Labute approximate surface area is 195 Å². The molecule has 0 unspecified atom stereocenters. The first-order valence-corrected chi connectivity index (χ1v) is 11.4. The molecule has 176 valence electrons. The van der Waals surface area contributed by atoms with Crippen molar-refractivity contribution in [1.82, 2.24) is 15.5 Å². The molecule has 0 atom stereocenters. The lowest BCUT2D eigenvalue weighted by Crippen LogP contribution is -2.47. The number of hydrogen-bond acceptors (Lipinski definition) is 4. The summed E-state index contributed by atoms with van der Waals surface area (Å²) in [6.07, 6.45) is 1.12. The highest BCUT2D eigenvalue weighted by atomic mass is 16.6. The topological polar surface area (TPSA) is 87.7 Å². The number of nitrogens with zero attached hydrogens (tertiary/aromatic N) is 1. The standard InChI is InChI=1S/C26H33N3O4/c1-26(2,3)33-25(32)27-16-13-23(30)29-17-14-22(15-18-29)28-24(31)21-11-9-20(10-12-21)19-7-5-4-6-8-19/h4-12,22H,13-18H2,1-3H3,(H,27,32)(H,28,31). The minimum atomic E-state index is -0.565. The van der Waals surface area contributed by atoms with Crippen LogP contribution < -0.4 is 10.6 Å². The van der Waals surface area contributed by atoms with Gasteiger partial charge in [0.25, 0.3) is 5.91 Å². The largest absolute Gasteiger partial charge is 0.444 e. The minimum absolute atomic E-state index is 0.00710. The number of benzene rings is 2. The number of nitrogens with one attached hydrogen (secondary N) is 2. The molecule has 1 aliphatic heterocycles. The SMILES string of the molecule is CC(C)(C)OC(=O)NCCC(=O)N1CCC(NC(=O)c2ccc(-c3ccccc3)cc2)CC1. The summed E-state index contributed by atoms with van der Waals surface area (Å²) in [5.41, 5.74) is 2.24. The maximum atomic E-state index is 12.6. The van der Waals surface area contributed by atoms with E-state index in [1.165, 1.54) is 0 Å². The fourth-order valence-electron chi connectivity index (χ4n) is 3.73. The normalized spacial score (nSPS) is 14.5. The van der Waals surface area contributed by atoms with Crippen LogP contribution in [0.15, 0.2) is 54.6 Å². The first kappa shape index (κ1) is 24.3. The van der Waals surface area contributed by atoms with E-state index >= 15 is 0 Å². The van der Waals surface area contributed by atoms with Crippen LogP contribution in [0.1, 0.15) is 50.4 Å². The van der Waals surface area contributed by atoms with Crippen molar-refractivity contribution in [3.8, 4) is 11.1 Å². The van der Waals surface area contributed by atoms with E-state index in [1.54, 1.807) is 25.7 Å². The molecular weight excluding hydrogens is 418 g/mol. The van der Waals surface area contributed by atoms with Gasteiger partial charge in [-0.1, -0.05) is 42.5 Å². The fraction of sp³-hybridized carbons (Fsp3) is 0.423. The quantitative estimate of drug-likeness (QED) is 0.695. The Kier molecular flexibility index (Phi) is 8.09. The van der Waals surface area contributed by atoms with Gasteiger partial charge in [0, 0.05) is 37.7 Å². The molecule has 3 rings (SSSR count). The number of carbonyl (C=O) groups is 3. The lowest BCUT2D eigenvalue weighted by atomic mass is 10.0. The van der Waals surface area contributed by atoms with Gasteiger partial charge in [-0.05, 0) is 56.9 Å². The van der Waals surface area contributed by atoms with Crippen LogP contribution in [0.4, 0.5) is 4.79 Å². The van der Waals surface area contributed by atoms with Crippen LogP contribution in [0, 0.1) is 0 Å². The van der Waals surface area contributed by atoms with Gasteiger partial charge in [0.05, 0.1) is 0 Å². The third-order valence-corrected chi connectivity index (χ3v) is 5.44. The van der Waals surface area contributed by atoms with Crippen LogP contribution in [0.25, 0.3) is 11.1 Å². The highest BCUT2D eigenvalue weighted by molar-refractivity contribution is 5.94. The van der Waals surface area contributed by atoms with Gasteiger partial charge in [0.15, 0.2) is 0 Å². The molecule has 2 N–H and O–H groups in total. The Morgan fingerprint density at radius 2 is 1.55 bits per heavy atom. The Morgan fingerprint density at radius 3 is 2.15 bits per heavy atom. The van der Waals surface area contributed by atoms with Crippen LogP contribution >= 0.6 is 0 Å². The van der Waals surface area contributed by atoms with E-state index in [0.717, 1.165) is 11.1 Å². The predicted octanol–water partition coefficient (Wildman–Crippen LogP) is 3.99. The zero-order valence-corrected chi connectivity index (χ0v) is 19.6. The van der Waals surface area contributed by atoms with Crippen LogP contribution in [0.3, 0.4) is 0 Å². The third-order valence-electron chi connectivity index (χ3n) is 5.44. The van der Waals surface area contributed by atoms with Gasteiger partial charge in [-0.2, -0.15) is 0 Å². The van der Waals surface area contributed by atoms with Crippen LogP contribution in [0.2, 0.25) is 0 Å². The molecule has 0 bridgehead atoms. The number of hydrogen-bond donors (Lipinski definition) is 2. The molecule has 0 spiro atoms. The van der Waals surface area contributed by atoms with Gasteiger partial charge >= 0.3 is 6.09 Å². The van der Waals surface area contributed by atoms with E-state index in [0.29, 0.717) is 31.5 Å². The van der Waals surface area contributed by atoms with Crippen LogP contribution in [-0.4, -0.2) is 54.1 Å². The zero-order chi connectivity index (χ0) is 23.8. The van der Waals surface area contributed by atoms with Crippen molar-refractivity contribution in [1.29, 1.82) is 0 Å². The van der Waals surface area contributed by atoms with Gasteiger partial charge in [0.1, 0.15) is 5.60 Å². The minimum Gasteiger partial charge on any atom is -0.444 e. The highest BCUT2D eigenvalue weighted by Gasteiger charge is 2.24. The van der Waals surface area contributed by atoms with Crippen molar-refractivity contribution in [2.75, 3.05) is 19.6 Å². The average Bonchev–Trinajstić information content (AvgIpc) is 2.79. The summed E-state index contributed by atoms with van der Waals surface area (Å²) in [4.78, 5) is 38.5. The fourth-order valence-corrected chi connectivity index (χ4v) is 3.73. The van der Waals surface area contributed by atoms with E-state index in [1.807, 2.05) is 54.6 Å². The molecule has 1 fully saturated rings. The molecule has 2 aromatic carbocycles. The Morgan fingerprint density at radius 1 is 0.939 bits per heavy atom. The van der Waals surface area contributed by atoms with Crippen molar-refractivity contribution in [2.45, 2.75) is 51.7 Å². The Balaban J connectivity index is 1.39. The number of amides is 3. The molecule has 33 heavy (non-hydrogen) atoms. The van der Waals surface area contributed by atoms with E-state index < -0.39 is 11.7 Å². The lowest BCUT2D eigenvalue weighted by Gasteiger charge is -2.32. The molecule has 1 saturated heterocycles. The number of ether oxygens (including phenoxy) is 1. The summed E-state index contributed by atoms with van der Waals surface area (Å²) < 4.78 is 5.17. The number of piperidine rings is 1. The first-order valence-electron chi connectivity index (χ1n) is 11.4. The first-order chi connectivity index (χ1) is 15.7. The summed E-state index contributed by atoms with van der Waals surface area (Å²) in [6.45, 7) is 6.79. The highest BCUT2D eigenvalue weighted by Crippen LogP contribution is 2.19. The second-order valence-corrected chi connectivity index (χ2v) is 9.25.